The number of aromatic nitrogens is 1. The van der Waals surface area contributed by atoms with Gasteiger partial charge in [-0.25, -0.2) is 5.48 Å². The van der Waals surface area contributed by atoms with Crippen molar-refractivity contribution in [2.75, 3.05) is 20.3 Å². The van der Waals surface area contributed by atoms with E-state index >= 15 is 0 Å². The van der Waals surface area contributed by atoms with Gasteiger partial charge >= 0.3 is 0 Å². The van der Waals surface area contributed by atoms with Gasteiger partial charge in [-0.1, -0.05) is 0 Å². The van der Waals surface area contributed by atoms with Crippen LogP contribution in [0.5, 0.6) is 0 Å². The molecule has 0 radical (unpaired) electrons. The summed E-state index contributed by atoms with van der Waals surface area (Å²) in [5.74, 6) is -0.253. The Morgan fingerprint density at radius 1 is 1.32 bits per heavy atom. The molecule has 0 fully saturated rings. The van der Waals surface area contributed by atoms with Crippen LogP contribution in [0.25, 0.3) is 10.9 Å². The maximum absolute atomic E-state index is 11.9. The fraction of sp³-hybridized carbons (Fsp3) is 0.357. The summed E-state index contributed by atoms with van der Waals surface area (Å²) in [5, 5.41) is 1.06. The molecular weight excluding hydrogens is 244 g/mol. The van der Waals surface area contributed by atoms with Gasteiger partial charge in [0.1, 0.15) is 0 Å². The number of hydrogen-bond donors (Lipinski definition) is 2. The van der Waals surface area contributed by atoms with Crippen LogP contribution in [0.15, 0.2) is 18.2 Å². The van der Waals surface area contributed by atoms with Crippen molar-refractivity contribution in [1.29, 1.82) is 0 Å². The second-order valence-corrected chi connectivity index (χ2v) is 4.41. The number of amides is 1. The zero-order valence-electron chi connectivity index (χ0n) is 11.4. The van der Waals surface area contributed by atoms with Gasteiger partial charge in [-0.05, 0) is 37.6 Å². The third kappa shape index (κ3) is 2.94. The number of carbonyl (C=O) groups is 1. The molecule has 1 aromatic heterocycles. The third-order valence-corrected chi connectivity index (χ3v) is 3.12. The summed E-state index contributed by atoms with van der Waals surface area (Å²) in [6.07, 6.45) is 0. The molecule has 1 heterocycles. The molecule has 0 saturated heterocycles. The number of nitrogens with one attached hydrogen (secondary N) is 2. The van der Waals surface area contributed by atoms with E-state index in [1.165, 1.54) is 0 Å². The smallest absolute Gasteiger partial charge is 0.274 e. The van der Waals surface area contributed by atoms with Gasteiger partial charge in [0.25, 0.3) is 5.91 Å². The van der Waals surface area contributed by atoms with Crippen molar-refractivity contribution in [3.05, 3.63) is 35.0 Å². The molecule has 2 aromatic rings. The SMILES string of the molecule is COCCONC(=O)c1ccc2[nH]c(C)c(C)c2c1. The number of aromatic amines is 1. The minimum Gasteiger partial charge on any atom is -0.382 e. The Hall–Kier alpha value is -1.85. The molecule has 2 N–H and O–H groups in total. The minimum atomic E-state index is -0.253. The number of methoxy groups -OCH3 is 1. The van der Waals surface area contributed by atoms with E-state index in [-0.39, 0.29) is 5.91 Å². The summed E-state index contributed by atoms with van der Waals surface area (Å²) in [4.78, 5) is 20.2. The maximum atomic E-state index is 11.9. The molecule has 0 aliphatic rings. The lowest BCUT2D eigenvalue weighted by Gasteiger charge is -2.05. The van der Waals surface area contributed by atoms with Crippen molar-refractivity contribution in [1.82, 2.24) is 10.5 Å². The van der Waals surface area contributed by atoms with Crippen LogP contribution >= 0.6 is 0 Å². The first kappa shape index (κ1) is 13.6. The van der Waals surface area contributed by atoms with Crippen LogP contribution in [0.1, 0.15) is 21.6 Å². The van der Waals surface area contributed by atoms with Gasteiger partial charge < -0.3 is 9.72 Å². The zero-order chi connectivity index (χ0) is 13.8. The van der Waals surface area contributed by atoms with Crippen LogP contribution < -0.4 is 5.48 Å². The van der Waals surface area contributed by atoms with Crippen molar-refractivity contribution in [3.63, 3.8) is 0 Å². The summed E-state index contributed by atoms with van der Waals surface area (Å²) in [7, 11) is 1.58. The fourth-order valence-corrected chi connectivity index (χ4v) is 1.90. The Kier molecular flexibility index (Phi) is 4.19. The van der Waals surface area contributed by atoms with Crippen molar-refractivity contribution >= 4 is 16.8 Å². The highest BCUT2D eigenvalue weighted by Crippen LogP contribution is 2.22. The van der Waals surface area contributed by atoms with Gasteiger partial charge in [0.15, 0.2) is 0 Å². The largest absolute Gasteiger partial charge is 0.382 e. The van der Waals surface area contributed by atoms with E-state index in [0.717, 1.165) is 22.2 Å². The average molecular weight is 262 g/mol. The van der Waals surface area contributed by atoms with Gasteiger partial charge in [-0.15, -0.1) is 0 Å². The number of ether oxygens (including phenoxy) is 1. The highest BCUT2D eigenvalue weighted by molar-refractivity contribution is 5.98. The molecule has 19 heavy (non-hydrogen) atoms. The van der Waals surface area contributed by atoms with E-state index in [4.69, 9.17) is 9.57 Å². The van der Waals surface area contributed by atoms with Crippen LogP contribution in [0.4, 0.5) is 0 Å². The second-order valence-electron chi connectivity index (χ2n) is 4.41. The summed E-state index contributed by atoms with van der Waals surface area (Å²) < 4.78 is 4.83. The molecule has 1 aromatic carbocycles. The van der Waals surface area contributed by atoms with Crippen LogP contribution in [0.3, 0.4) is 0 Å². The number of H-pyrrole nitrogens is 1. The Balaban J connectivity index is 2.12. The standard InChI is InChI=1S/C14H18N2O3/c1-9-10(2)15-13-5-4-11(8-12(9)13)14(17)16-19-7-6-18-3/h4-5,8,15H,6-7H2,1-3H3,(H,16,17). The molecule has 0 unspecified atom stereocenters. The molecule has 2 rings (SSSR count). The van der Waals surface area contributed by atoms with Crippen LogP contribution in [-0.2, 0) is 9.57 Å². The Bertz CT molecular complexity index is 590. The molecule has 0 saturated carbocycles. The zero-order valence-corrected chi connectivity index (χ0v) is 11.4. The fourth-order valence-electron chi connectivity index (χ4n) is 1.90. The minimum absolute atomic E-state index is 0.253. The predicted octanol–water partition coefficient (Wildman–Crippen LogP) is 2.09. The number of rotatable bonds is 5. The summed E-state index contributed by atoms with van der Waals surface area (Å²) >= 11 is 0. The molecule has 0 atom stereocenters. The van der Waals surface area contributed by atoms with Gasteiger partial charge in [0, 0.05) is 29.3 Å². The normalized spacial score (nSPS) is 10.9. The third-order valence-electron chi connectivity index (χ3n) is 3.12. The van der Waals surface area contributed by atoms with Gasteiger partial charge in [0.2, 0.25) is 0 Å². The number of aryl methyl sites for hydroxylation is 2. The molecule has 102 valence electrons. The first-order valence-corrected chi connectivity index (χ1v) is 6.13. The van der Waals surface area contributed by atoms with Crippen LogP contribution in [0, 0.1) is 13.8 Å². The van der Waals surface area contributed by atoms with Crippen LogP contribution in [-0.4, -0.2) is 31.2 Å². The molecule has 0 spiro atoms. The van der Waals surface area contributed by atoms with E-state index < -0.39 is 0 Å². The van der Waals surface area contributed by atoms with E-state index in [1.807, 2.05) is 26.0 Å². The molecule has 5 nitrogen and oxygen atoms in total. The quantitative estimate of drug-likeness (QED) is 0.640. The van der Waals surface area contributed by atoms with Crippen molar-refractivity contribution in [3.8, 4) is 0 Å². The predicted molar refractivity (Wildman–Crippen MR) is 73.1 cm³/mol. The Morgan fingerprint density at radius 2 is 2.11 bits per heavy atom. The Labute approximate surface area is 111 Å². The number of carbonyl (C=O) groups excluding carboxylic acids is 1. The van der Waals surface area contributed by atoms with E-state index in [2.05, 4.69) is 10.5 Å². The number of benzene rings is 1. The van der Waals surface area contributed by atoms with Crippen molar-refractivity contribution < 1.29 is 14.4 Å². The first-order valence-electron chi connectivity index (χ1n) is 6.13. The highest BCUT2D eigenvalue weighted by atomic mass is 16.7. The molecule has 0 aliphatic heterocycles. The highest BCUT2D eigenvalue weighted by Gasteiger charge is 2.09. The summed E-state index contributed by atoms with van der Waals surface area (Å²) in [5.41, 5.74) is 6.28. The topological polar surface area (TPSA) is 63.4 Å². The van der Waals surface area contributed by atoms with E-state index in [1.54, 1.807) is 13.2 Å². The molecule has 1 amide bonds. The second kappa shape index (κ2) is 5.86. The number of hydroxylamine groups is 1. The molecule has 5 heteroatoms. The number of hydrogen-bond acceptors (Lipinski definition) is 3. The lowest BCUT2D eigenvalue weighted by atomic mass is 10.1. The van der Waals surface area contributed by atoms with Gasteiger partial charge in [0.05, 0.1) is 13.2 Å². The van der Waals surface area contributed by atoms with E-state index in [9.17, 15) is 4.79 Å². The van der Waals surface area contributed by atoms with E-state index in [0.29, 0.717) is 18.8 Å². The maximum Gasteiger partial charge on any atom is 0.274 e. The Morgan fingerprint density at radius 3 is 2.84 bits per heavy atom. The molecule has 0 bridgehead atoms. The molecular formula is C14H18N2O3. The lowest BCUT2D eigenvalue weighted by molar-refractivity contribution is 0.00889. The molecule has 0 aliphatic carbocycles. The van der Waals surface area contributed by atoms with Gasteiger partial charge in [-0.2, -0.15) is 0 Å². The van der Waals surface area contributed by atoms with Crippen molar-refractivity contribution in [2.45, 2.75) is 13.8 Å². The summed E-state index contributed by atoms with van der Waals surface area (Å²) in [6.45, 7) is 4.82. The van der Waals surface area contributed by atoms with Crippen LogP contribution in [0.2, 0.25) is 0 Å². The van der Waals surface area contributed by atoms with Crippen molar-refractivity contribution in [2.24, 2.45) is 0 Å². The first-order chi connectivity index (χ1) is 9.13. The lowest BCUT2D eigenvalue weighted by Crippen LogP contribution is -2.25. The monoisotopic (exact) mass is 262 g/mol. The average Bonchev–Trinajstić information content (AvgIpc) is 2.70. The number of fused-ring (bicyclic) bond motifs is 1. The summed E-state index contributed by atoms with van der Waals surface area (Å²) in [6, 6.07) is 5.54. The van der Waals surface area contributed by atoms with Gasteiger partial charge in [-0.3, -0.25) is 9.63 Å².